The summed E-state index contributed by atoms with van der Waals surface area (Å²) in [5, 5.41) is 4.07. The fourth-order valence-corrected chi connectivity index (χ4v) is 3.48. The van der Waals surface area contributed by atoms with Crippen LogP contribution in [0.4, 0.5) is 10.1 Å². The highest BCUT2D eigenvalue weighted by Crippen LogP contribution is 2.34. The predicted octanol–water partition coefficient (Wildman–Crippen LogP) is 4.74. The van der Waals surface area contributed by atoms with Crippen molar-refractivity contribution in [1.82, 2.24) is 10.1 Å². The molecule has 1 aromatic heterocycles. The molecule has 1 saturated heterocycles. The van der Waals surface area contributed by atoms with Crippen LogP contribution in [-0.4, -0.2) is 29.2 Å². The van der Waals surface area contributed by atoms with E-state index in [1.807, 2.05) is 24.3 Å². The normalized spacial score (nSPS) is 16.5. The number of halogens is 1. The van der Waals surface area contributed by atoms with Crippen LogP contribution in [0.2, 0.25) is 0 Å². The van der Waals surface area contributed by atoms with Crippen LogP contribution < -0.4 is 9.64 Å². The summed E-state index contributed by atoms with van der Waals surface area (Å²) in [6.07, 6.45) is 0.250. The highest BCUT2D eigenvalue weighted by atomic mass is 19.1. The lowest BCUT2D eigenvalue weighted by Gasteiger charge is -2.18. The zero-order valence-corrected chi connectivity index (χ0v) is 17.3. The fourth-order valence-electron chi connectivity index (χ4n) is 3.48. The maximum atomic E-state index is 13.9. The van der Waals surface area contributed by atoms with E-state index in [0.717, 1.165) is 11.3 Å². The molecule has 0 aliphatic carbocycles. The summed E-state index contributed by atoms with van der Waals surface area (Å²) in [5.74, 6) is 1.48. The summed E-state index contributed by atoms with van der Waals surface area (Å²) in [6.45, 7) is 6.90. The van der Waals surface area contributed by atoms with Gasteiger partial charge in [0.2, 0.25) is 17.6 Å². The van der Waals surface area contributed by atoms with Gasteiger partial charge in [-0.05, 0) is 49.2 Å². The molecule has 156 valence electrons. The number of ether oxygens (including phenoxy) is 1. The van der Waals surface area contributed by atoms with Crippen molar-refractivity contribution in [2.75, 3.05) is 18.1 Å². The second kappa shape index (κ2) is 8.26. The van der Waals surface area contributed by atoms with Gasteiger partial charge in [-0.1, -0.05) is 25.1 Å². The van der Waals surface area contributed by atoms with Crippen molar-refractivity contribution in [3.05, 3.63) is 59.7 Å². The summed E-state index contributed by atoms with van der Waals surface area (Å²) in [6, 6.07) is 12.3. The van der Waals surface area contributed by atoms with E-state index in [-0.39, 0.29) is 24.1 Å². The van der Waals surface area contributed by atoms with Crippen molar-refractivity contribution >= 4 is 11.6 Å². The van der Waals surface area contributed by atoms with Crippen molar-refractivity contribution in [3.8, 4) is 17.1 Å². The Labute approximate surface area is 174 Å². The van der Waals surface area contributed by atoms with Gasteiger partial charge in [0.1, 0.15) is 11.6 Å². The van der Waals surface area contributed by atoms with Crippen LogP contribution in [0.15, 0.2) is 47.0 Å². The molecule has 7 heteroatoms. The van der Waals surface area contributed by atoms with Gasteiger partial charge in [0.05, 0.1) is 12.5 Å². The number of benzene rings is 2. The first kappa shape index (κ1) is 20.1. The van der Waals surface area contributed by atoms with Crippen LogP contribution in [0.25, 0.3) is 11.4 Å². The van der Waals surface area contributed by atoms with E-state index < -0.39 is 0 Å². The number of carbonyl (C=O) groups is 1. The van der Waals surface area contributed by atoms with E-state index >= 15 is 0 Å². The molecule has 3 aromatic rings. The number of anilines is 1. The lowest BCUT2D eigenvalue weighted by molar-refractivity contribution is -0.117. The summed E-state index contributed by atoms with van der Waals surface area (Å²) in [7, 11) is 0. The molecule has 0 radical (unpaired) electrons. The molecule has 2 heterocycles. The molecule has 2 aromatic carbocycles. The molecule has 30 heavy (non-hydrogen) atoms. The van der Waals surface area contributed by atoms with Crippen LogP contribution in [-0.2, 0) is 4.79 Å². The maximum Gasteiger partial charge on any atom is 0.232 e. The topological polar surface area (TPSA) is 68.5 Å². The summed E-state index contributed by atoms with van der Waals surface area (Å²) in [5.41, 5.74) is 1.85. The van der Waals surface area contributed by atoms with Gasteiger partial charge in [0.15, 0.2) is 0 Å². The van der Waals surface area contributed by atoms with Gasteiger partial charge in [0, 0.05) is 29.8 Å². The minimum atomic E-state index is -0.329. The summed E-state index contributed by atoms with van der Waals surface area (Å²) in [4.78, 5) is 18.6. The van der Waals surface area contributed by atoms with Crippen molar-refractivity contribution < 1.29 is 18.4 Å². The summed E-state index contributed by atoms with van der Waals surface area (Å²) < 4.78 is 25.0. The Morgan fingerprint density at radius 1 is 1.23 bits per heavy atom. The SMILES string of the molecule is Cc1c(F)cccc1N1CC(c2nc(-c3ccc(OCC(C)C)cc3)no2)CC1=O. The second-order valence-electron chi connectivity index (χ2n) is 7.97. The van der Waals surface area contributed by atoms with Gasteiger partial charge in [-0.2, -0.15) is 4.98 Å². The zero-order valence-electron chi connectivity index (χ0n) is 17.3. The molecule has 4 rings (SSSR count). The molecule has 0 bridgehead atoms. The third kappa shape index (κ3) is 4.06. The minimum Gasteiger partial charge on any atom is -0.493 e. The first-order valence-electron chi connectivity index (χ1n) is 10.0. The largest absolute Gasteiger partial charge is 0.493 e. The number of nitrogens with zero attached hydrogens (tertiary/aromatic N) is 3. The predicted molar refractivity (Wildman–Crippen MR) is 111 cm³/mol. The van der Waals surface area contributed by atoms with E-state index in [2.05, 4.69) is 24.0 Å². The fraction of sp³-hybridized carbons (Fsp3) is 0.348. The van der Waals surface area contributed by atoms with E-state index in [1.54, 1.807) is 24.0 Å². The molecule has 1 aliphatic heterocycles. The molecule has 0 saturated carbocycles. The number of carbonyl (C=O) groups excluding carboxylic acids is 1. The lowest BCUT2D eigenvalue weighted by Crippen LogP contribution is -2.25. The van der Waals surface area contributed by atoms with Gasteiger partial charge in [-0.15, -0.1) is 0 Å². The molecular weight excluding hydrogens is 385 g/mol. The van der Waals surface area contributed by atoms with Gasteiger partial charge in [-0.25, -0.2) is 4.39 Å². The average molecular weight is 409 g/mol. The Hall–Kier alpha value is -3.22. The van der Waals surface area contributed by atoms with Crippen LogP contribution >= 0.6 is 0 Å². The van der Waals surface area contributed by atoms with Gasteiger partial charge in [0.25, 0.3) is 0 Å². The third-order valence-electron chi connectivity index (χ3n) is 5.14. The van der Waals surface area contributed by atoms with E-state index in [9.17, 15) is 9.18 Å². The molecule has 0 spiro atoms. The number of amides is 1. The van der Waals surface area contributed by atoms with Crippen LogP contribution in [0, 0.1) is 18.7 Å². The Balaban J connectivity index is 1.48. The number of hydrogen-bond acceptors (Lipinski definition) is 5. The van der Waals surface area contributed by atoms with E-state index in [4.69, 9.17) is 9.26 Å². The second-order valence-corrected chi connectivity index (χ2v) is 7.97. The molecule has 1 atom stereocenters. The van der Waals surface area contributed by atoms with E-state index in [1.165, 1.54) is 6.07 Å². The number of rotatable bonds is 6. The third-order valence-corrected chi connectivity index (χ3v) is 5.14. The smallest absolute Gasteiger partial charge is 0.232 e. The molecule has 1 amide bonds. The Bertz CT molecular complexity index is 1050. The van der Waals surface area contributed by atoms with Crippen molar-refractivity contribution in [3.63, 3.8) is 0 Å². The molecule has 1 unspecified atom stereocenters. The van der Waals surface area contributed by atoms with Gasteiger partial charge in [-0.3, -0.25) is 4.79 Å². The highest BCUT2D eigenvalue weighted by Gasteiger charge is 2.36. The Kier molecular flexibility index (Phi) is 5.53. The zero-order chi connectivity index (χ0) is 21.3. The van der Waals surface area contributed by atoms with E-state index in [0.29, 0.717) is 42.0 Å². The average Bonchev–Trinajstić information content (AvgIpc) is 3.36. The Morgan fingerprint density at radius 2 is 2.00 bits per heavy atom. The first-order chi connectivity index (χ1) is 14.4. The van der Waals surface area contributed by atoms with Gasteiger partial charge < -0.3 is 14.2 Å². The standard InChI is InChI=1S/C23H24FN3O3/c1-14(2)13-29-18-9-7-16(8-10-18)22-25-23(30-26-22)17-11-21(28)27(12-17)20-6-4-5-19(24)15(20)3/h4-10,14,17H,11-13H2,1-3H3. The first-order valence-corrected chi connectivity index (χ1v) is 10.0. The van der Waals surface area contributed by atoms with Crippen LogP contribution in [0.3, 0.4) is 0 Å². The maximum absolute atomic E-state index is 13.9. The van der Waals surface area contributed by atoms with Crippen molar-refractivity contribution in [2.24, 2.45) is 5.92 Å². The molecule has 1 aliphatic rings. The lowest BCUT2D eigenvalue weighted by atomic mass is 10.1. The quantitative estimate of drug-likeness (QED) is 0.588. The molecular formula is C23H24FN3O3. The number of aromatic nitrogens is 2. The molecule has 1 fully saturated rings. The molecule has 0 N–H and O–H groups in total. The number of hydrogen-bond donors (Lipinski definition) is 0. The monoisotopic (exact) mass is 409 g/mol. The Morgan fingerprint density at radius 3 is 2.73 bits per heavy atom. The molecule has 6 nitrogen and oxygen atoms in total. The minimum absolute atomic E-state index is 0.0832. The van der Waals surface area contributed by atoms with Crippen LogP contribution in [0.1, 0.15) is 37.6 Å². The van der Waals surface area contributed by atoms with Crippen LogP contribution in [0.5, 0.6) is 5.75 Å². The summed E-state index contributed by atoms with van der Waals surface area (Å²) >= 11 is 0. The highest BCUT2D eigenvalue weighted by molar-refractivity contribution is 5.97. The van der Waals surface area contributed by atoms with Crippen molar-refractivity contribution in [2.45, 2.75) is 33.1 Å². The van der Waals surface area contributed by atoms with Crippen molar-refractivity contribution in [1.29, 1.82) is 0 Å². The van der Waals surface area contributed by atoms with Gasteiger partial charge >= 0.3 is 0 Å².